The molecule has 0 unspecified atom stereocenters. The van der Waals surface area contributed by atoms with Crippen LogP contribution in [0.3, 0.4) is 0 Å². The standard InChI is InChI=1S/C18H18BNO5/c19-15-10-13(20(22)23)6-8-16(15)25-18-9-12(11-21)5-7-17(18)24-14-3-1-2-4-14/h5-11,14H,1-4,19H2. The van der Waals surface area contributed by atoms with Gasteiger partial charge in [-0.15, -0.1) is 0 Å². The predicted molar refractivity (Wildman–Crippen MR) is 96.1 cm³/mol. The number of carbonyl (C=O) groups is 1. The smallest absolute Gasteiger partial charge is 0.269 e. The Bertz CT molecular complexity index is 802. The summed E-state index contributed by atoms with van der Waals surface area (Å²) in [5.74, 6) is 1.51. The molecule has 25 heavy (non-hydrogen) atoms. The van der Waals surface area contributed by atoms with Crippen LogP contribution in [0.4, 0.5) is 5.69 Å². The van der Waals surface area contributed by atoms with Gasteiger partial charge in [-0.1, -0.05) is 0 Å². The highest BCUT2D eigenvalue weighted by Gasteiger charge is 2.19. The summed E-state index contributed by atoms with van der Waals surface area (Å²) in [5.41, 5.74) is 1.12. The van der Waals surface area contributed by atoms with Gasteiger partial charge >= 0.3 is 0 Å². The maximum Gasteiger partial charge on any atom is 0.269 e. The van der Waals surface area contributed by atoms with Gasteiger partial charge in [0.15, 0.2) is 11.5 Å². The first-order valence-electron chi connectivity index (χ1n) is 8.25. The van der Waals surface area contributed by atoms with Gasteiger partial charge in [-0.3, -0.25) is 14.9 Å². The quantitative estimate of drug-likeness (QED) is 0.350. The maximum atomic E-state index is 11.1. The molecule has 6 nitrogen and oxygen atoms in total. The normalized spacial score (nSPS) is 14.2. The Balaban J connectivity index is 1.89. The van der Waals surface area contributed by atoms with Crippen LogP contribution < -0.4 is 14.9 Å². The lowest BCUT2D eigenvalue weighted by molar-refractivity contribution is -0.384. The van der Waals surface area contributed by atoms with Crippen LogP contribution in [-0.4, -0.2) is 25.2 Å². The number of benzene rings is 2. The molecular weight excluding hydrogens is 321 g/mol. The molecule has 2 aromatic carbocycles. The Labute approximate surface area is 146 Å². The van der Waals surface area contributed by atoms with Gasteiger partial charge in [0.25, 0.3) is 5.69 Å². The van der Waals surface area contributed by atoms with E-state index in [4.69, 9.17) is 9.47 Å². The van der Waals surface area contributed by atoms with Gasteiger partial charge in [-0.25, -0.2) is 0 Å². The first kappa shape index (κ1) is 17.0. The summed E-state index contributed by atoms with van der Waals surface area (Å²) in [6.07, 6.45) is 5.21. The fourth-order valence-corrected chi connectivity index (χ4v) is 2.94. The lowest BCUT2D eigenvalue weighted by Gasteiger charge is -2.18. The molecule has 2 aromatic rings. The largest absolute Gasteiger partial charge is 0.487 e. The summed E-state index contributed by atoms with van der Waals surface area (Å²) in [6.45, 7) is 0. The molecule has 0 radical (unpaired) electrons. The van der Waals surface area contributed by atoms with Crippen molar-refractivity contribution < 1.29 is 19.2 Å². The van der Waals surface area contributed by atoms with Crippen molar-refractivity contribution in [2.75, 3.05) is 0 Å². The first-order chi connectivity index (χ1) is 12.1. The monoisotopic (exact) mass is 339 g/mol. The number of nitro groups is 1. The number of hydrogen-bond acceptors (Lipinski definition) is 5. The molecule has 1 aliphatic rings. The Kier molecular flexibility index (Phi) is 5.02. The summed E-state index contributed by atoms with van der Waals surface area (Å²) in [6, 6.07) is 9.45. The number of nitrogens with zero attached hydrogens (tertiary/aromatic N) is 1. The van der Waals surface area contributed by atoms with Crippen LogP contribution in [0.2, 0.25) is 0 Å². The SMILES string of the molecule is Bc1cc([N+](=O)[O-])ccc1Oc1cc(C=O)ccc1OC1CCCC1. The average molecular weight is 339 g/mol. The number of hydrogen-bond donors (Lipinski definition) is 0. The van der Waals surface area contributed by atoms with Gasteiger partial charge < -0.3 is 9.47 Å². The van der Waals surface area contributed by atoms with Gasteiger partial charge in [0.2, 0.25) is 0 Å². The molecule has 0 spiro atoms. The highest BCUT2D eigenvalue weighted by Crippen LogP contribution is 2.35. The average Bonchev–Trinajstić information content (AvgIpc) is 3.11. The third kappa shape index (κ3) is 3.99. The zero-order valence-electron chi connectivity index (χ0n) is 13.9. The number of nitro benzene ring substituents is 1. The number of carbonyl (C=O) groups excluding carboxylic acids is 1. The Morgan fingerprint density at radius 2 is 1.80 bits per heavy atom. The molecule has 0 saturated heterocycles. The summed E-state index contributed by atoms with van der Waals surface area (Å²) in [7, 11) is 1.74. The van der Waals surface area contributed by atoms with E-state index in [9.17, 15) is 14.9 Å². The van der Waals surface area contributed by atoms with Crippen molar-refractivity contribution in [3.8, 4) is 17.2 Å². The molecule has 1 saturated carbocycles. The minimum Gasteiger partial charge on any atom is -0.487 e. The molecule has 0 N–H and O–H groups in total. The molecule has 0 bridgehead atoms. The molecule has 0 heterocycles. The molecule has 3 rings (SSSR count). The molecule has 0 aliphatic heterocycles. The van der Waals surface area contributed by atoms with Crippen LogP contribution >= 0.6 is 0 Å². The summed E-state index contributed by atoms with van der Waals surface area (Å²) in [5, 5.41) is 10.9. The van der Waals surface area contributed by atoms with E-state index in [1.165, 1.54) is 12.1 Å². The van der Waals surface area contributed by atoms with Crippen LogP contribution in [0.1, 0.15) is 36.0 Å². The second kappa shape index (κ2) is 7.38. The van der Waals surface area contributed by atoms with Crippen LogP contribution in [0, 0.1) is 10.1 Å². The lowest BCUT2D eigenvalue weighted by atomic mass is 9.94. The van der Waals surface area contributed by atoms with Gasteiger partial charge in [0.1, 0.15) is 19.9 Å². The van der Waals surface area contributed by atoms with E-state index in [1.807, 2.05) is 0 Å². The van der Waals surface area contributed by atoms with E-state index in [1.54, 1.807) is 32.1 Å². The van der Waals surface area contributed by atoms with Crippen molar-refractivity contribution in [1.82, 2.24) is 0 Å². The van der Waals surface area contributed by atoms with E-state index < -0.39 is 4.92 Å². The van der Waals surface area contributed by atoms with E-state index in [0.717, 1.165) is 32.0 Å². The van der Waals surface area contributed by atoms with E-state index >= 15 is 0 Å². The fourth-order valence-electron chi connectivity index (χ4n) is 2.94. The molecule has 0 amide bonds. The van der Waals surface area contributed by atoms with Crippen molar-refractivity contribution in [1.29, 1.82) is 0 Å². The van der Waals surface area contributed by atoms with Crippen molar-refractivity contribution in [3.05, 3.63) is 52.1 Å². The fraction of sp³-hybridized carbons (Fsp3) is 0.278. The van der Waals surface area contributed by atoms with Gasteiger partial charge in [0, 0.05) is 17.7 Å². The van der Waals surface area contributed by atoms with Crippen LogP contribution in [-0.2, 0) is 0 Å². The number of ether oxygens (including phenoxy) is 2. The van der Waals surface area contributed by atoms with Gasteiger partial charge in [0.05, 0.1) is 11.0 Å². The van der Waals surface area contributed by atoms with Gasteiger partial charge in [-0.05, 0) is 55.4 Å². The zero-order valence-corrected chi connectivity index (χ0v) is 13.9. The summed E-state index contributed by atoms with van der Waals surface area (Å²) >= 11 is 0. The minimum absolute atomic E-state index is 0.00826. The second-order valence-electron chi connectivity index (χ2n) is 6.16. The van der Waals surface area contributed by atoms with Crippen molar-refractivity contribution in [3.63, 3.8) is 0 Å². The Morgan fingerprint density at radius 1 is 1.08 bits per heavy atom. The maximum absolute atomic E-state index is 11.1. The van der Waals surface area contributed by atoms with Crippen LogP contribution in [0.5, 0.6) is 17.2 Å². The summed E-state index contributed by atoms with van der Waals surface area (Å²) in [4.78, 5) is 21.5. The molecular formula is C18H18BNO5. The number of aldehydes is 1. The Morgan fingerprint density at radius 3 is 2.44 bits per heavy atom. The first-order valence-corrected chi connectivity index (χ1v) is 8.25. The molecule has 1 aliphatic carbocycles. The van der Waals surface area contributed by atoms with Crippen molar-refractivity contribution in [2.24, 2.45) is 0 Å². The number of non-ortho nitro benzene ring substituents is 1. The topological polar surface area (TPSA) is 78.7 Å². The van der Waals surface area contributed by atoms with E-state index in [2.05, 4.69) is 0 Å². The highest BCUT2D eigenvalue weighted by molar-refractivity contribution is 6.34. The zero-order chi connectivity index (χ0) is 17.8. The second-order valence-corrected chi connectivity index (χ2v) is 6.16. The molecule has 128 valence electrons. The van der Waals surface area contributed by atoms with Gasteiger partial charge in [-0.2, -0.15) is 0 Å². The molecule has 0 atom stereocenters. The third-order valence-electron chi connectivity index (χ3n) is 4.29. The van der Waals surface area contributed by atoms with Crippen LogP contribution in [0.15, 0.2) is 36.4 Å². The van der Waals surface area contributed by atoms with E-state index in [0.29, 0.717) is 28.3 Å². The number of rotatable bonds is 6. The van der Waals surface area contributed by atoms with Crippen molar-refractivity contribution in [2.45, 2.75) is 31.8 Å². The van der Waals surface area contributed by atoms with Crippen molar-refractivity contribution >= 4 is 25.3 Å². The molecule has 7 heteroatoms. The Hall–Kier alpha value is -2.83. The lowest BCUT2D eigenvalue weighted by Crippen LogP contribution is -2.12. The molecule has 1 fully saturated rings. The summed E-state index contributed by atoms with van der Waals surface area (Å²) < 4.78 is 12.0. The van der Waals surface area contributed by atoms with Crippen LogP contribution in [0.25, 0.3) is 0 Å². The highest BCUT2D eigenvalue weighted by atomic mass is 16.6. The predicted octanol–water partition coefficient (Wildman–Crippen LogP) is 2.78. The molecule has 0 aromatic heterocycles. The third-order valence-corrected chi connectivity index (χ3v) is 4.29. The van der Waals surface area contributed by atoms with E-state index in [-0.39, 0.29) is 11.8 Å². The minimum atomic E-state index is -0.446.